The summed E-state index contributed by atoms with van der Waals surface area (Å²) >= 11 is 4.22. The molecule has 1 heterocycles. The van der Waals surface area contributed by atoms with E-state index in [1.807, 2.05) is 25.1 Å². The SMILES string of the molecule is Cc1cc(-c2ccccc2C)nc(CS)n1. The van der Waals surface area contributed by atoms with Crippen LogP contribution in [0.3, 0.4) is 0 Å². The maximum Gasteiger partial charge on any atom is 0.138 e. The summed E-state index contributed by atoms with van der Waals surface area (Å²) in [6.07, 6.45) is 0. The fraction of sp³-hybridized carbons (Fsp3) is 0.231. The highest BCUT2D eigenvalue weighted by Crippen LogP contribution is 2.21. The van der Waals surface area contributed by atoms with Gasteiger partial charge in [0.15, 0.2) is 0 Å². The van der Waals surface area contributed by atoms with Crippen molar-refractivity contribution in [2.75, 3.05) is 0 Å². The van der Waals surface area contributed by atoms with E-state index in [0.717, 1.165) is 22.8 Å². The molecule has 0 N–H and O–H groups in total. The molecule has 0 aliphatic heterocycles. The van der Waals surface area contributed by atoms with E-state index in [9.17, 15) is 0 Å². The van der Waals surface area contributed by atoms with E-state index < -0.39 is 0 Å². The molecule has 2 aromatic rings. The van der Waals surface area contributed by atoms with Crippen LogP contribution >= 0.6 is 12.6 Å². The third kappa shape index (κ3) is 2.25. The van der Waals surface area contributed by atoms with Crippen molar-refractivity contribution in [3.63, 3.8) is 0 Å². The highest BCUT2D eigenvalue weighted by Gasteiger charge is 2.05. The first-order valence-electron chi connectivity index (χ1n) is 5.22. The van der Waals surface area contributed by atoms with Crippen LogP contribution in [0.25, 0.3) is 11.3 Å². The Labute approximate surface area is 101 Å². The molecule has 0 radical (unpaired) electrons. The molecule has 0 fully saturated rings. The summed E-state index contributed by atoms with van der Waals surface area (Å²) in [5.41, 5.74) is 4.36. The monoisotopic (exact) mass is 230 g/mol. The Morgan fingerprint density at radius 3 is 2.56 bits per heavy atom. The molecule has 0 saturated heterocycles. The summed E-state index contributed by atoms with van der Waals surface area (Å²) in [5.74, 6) is 1.35. The molecule has 2 rings (SSSR count). The first-order valence-corrected chi connectivity index (χ1v) is 5.85. The maximum absolute atomic E-state index is 4.50. The van der Waals surface area contributed by atoms with Gasteiger partial charge in [-0.1, -0.05) is 24.3 Å². The average molecular weight is 230 g/mol. The highest BCUT2D eigenvalue weighted by atomic mass is 32.1. The van der Waals surface area contributed by atoms with Crippen molar-refractivity contribution in [3.8, 4) is 11.3 Å². The highest BCUT2D eigenvalue weighted by molar-refractivity contribution is 7.79. The Balaban J connectivity index is 2.56. The fourth-order valence-electron chi connectivity index (χ4n) is 1.70. The van der Waals surface area contributed by atoms with Crippen LogP contribution in [0.2, 0.25) is 0 Å². The molecule has 0 aliphatic carbocycles. The predicted octanol–water partition coefficient (Wildman–Crippen LogP) is 3.19. The Kier molecular flexibility index (Phi) is 3.25. The maximum atomic E-state index is 4.50. The lowest BCUT2D eigenvalue weighted by Gasteiger charge is -2.07. The summed E-state index contributed by atoms with van der Waals surface area (Å²) in [5, 5.41) is 0. The molecule has 0 saturated carbocycles. The molecule has 0 amide bonds. The third-order valence-corrected chi connectivity index (χ3v) is 2.75. The topological polar surface area (TPSA) is 25.8 Å². The molecule has 0 spiro atoms. The summed E-state index contributed by atoms with van der Waals surface area (Å²) < 4.78 is 0. The Bertz CT molecular complexity index is 509. The summed E-state index contributed by atoms with van der Waals surface area (Å²) in [6.45, 7) is 4.07. The molecular weight excluding hydrogens is 216 g/mol. The second-order valence-electron chi connectivity index (χ2n) is 3.78. The number of benzene rings is 1. The van der Waals surface area contributed by atoms with Crippen LogP contribution in [-0.4, -0.2) is 9.97 Å². The fourth-order valence-corrected chi connectivity index (χ4v) is 1.84. The molecule has 0 atom stereocenters. The lowest BCUT2D eigenvalue weighted by molar-refractivity contribution is 1.00. The van der Waals surface area contributed by atoms with E-state index in [1.54, 1.807) is 0 Å². The smallest absolute Gasteiger partial charge is 0.138 e. The quantitative estimate of drug-likeness (QED) is 0.802. The average Bonchev–Trinajstić information content (AvgIpc) is 2.28. The minimum Gasteiger partial charge on any atom is -0.237 e. The van der Waals surface area contributed by atoms with Crippen molar-refractivity contribution in [1.29, 1.82) is 0 Å². The molecule has 0 unspecified atom stereocenters. The second kappa shape index (κ2) is 4.66. The van der Waals surface area contributed by atoms with Crippen molar-refractivity contribution >= 4 is 12.6 Å². The van der Waals surface area contributed by atoms with Gasteiger partial charge in [0, 0.05) is 11.3 Å². The first kappa shape index (κ1) is 11.1. The van der Waals surface area contributed by atoms with Crippen molar-refractivity contribution < 1.29 is 0 Å². The van der Waals surface area contributed by atoms with Gasteiger partial charge in [0.25, 0.3) is 0 Å². The minimum atomic E-state index is 0.570. The van der Waals surface area contributed by atoms with Crippen LogP contribution in [-0.2, 0) is 5.75 Å². The first-order chi connectivity index (χ1) is 7.70. The van der Waals surface area contributed by atoms with Gasteiger partial charge in [-0.2, -0.15) is 12.6 Å². The zero-order valence-electron chi connectivity index (χ0n) is 9.44. The van der Waals surface area contributed by atoms with Gasteiger partial charge in [-0.15, -0.1) is 0 Å². The van der Waals surface area contributed by atoms with E-state index in [1.165, 1.54) is 5.56 Å². The van der Waals surface area contributed by atoms with E-state index in [4.69, 9.17) is 0 Å². The number of aryl methyl sites for hydroxylation is 2. The van der Waals surface area contributed by atoms with Crippen molar-refractivity contribution in [2.45, 2.75) is 19.6 Å². The van der Waals surface area contributed by atoms with Gasteiger partial charge in [-0.3, -0.25) is 0 Å². The number of rotatable bonds is 2. The van der Waals surface area contributed by atoms with Crippen LogP contribution < -0.4 is 0 Å². The number of thiol groups is 1. The summed E-state index contributed by atoms with van der Waals surface area (Å²) in [6, 6.07) is 10.2. The molecule has 0 bridgehead atoms. The van der Waals surface area contributed by atoms with Gasteiger partial charge in [-0.25, -0.2) is 9.97 Å². The number of hydrogen-bond donors (Lipinski definition) is 1. The number of hydrogen-bond acceptors (Lipinski definition) is 3. The van der Waals surface area contributed by atoms with Crippen molar-refractivity contribution in [2.24, 2.45) is 0 Å². The predicted molar refractivity (Wildman–Crippen MR) is 69.6 cm³/mol. The van der Waals surface area contributed by atoms with E-state index in [0.29, 0.717) is 5.75 Å². The molecule has 1 aromatic heterocycles. The van der Waals surface area contributed by atoms with Gasteiger partial charge < -0.3 is 0 Å². The normalized spacial score (nSPS) is 10.4. The van der Waals surface area contributed by atoms with Crippen LogP contribution in [0.1, 0.15) is 17.1 Å². The molecular formula is C13H14N2S. The Hall–Kier alpha value is -1.35. The van der Waals surface area contributed by atoms with Gasteiger partial charge in [0.05, 0.1) is 11.4 Å². The van der Waals surface area contributed by atoms with Gasteiger partial charge in [-0.05, 0) is 25.5 Å². The van der Waals surface area contributed by atoms with Gasteiger partial charge >= 0.3 is 0 Å². The van der Waals surface area contributed by atoms with Crippen molar-refractivity contribution in [3.05, 3.63) is 47.4 Å². The van der Waals surface area contributed by atoms with E-state index in [2.05, 4.69) is 41.7 Å². The minimum absolute atomic E-state index is 0.570. The lowest BCUT2D eigenvalue weighted by atomic mass is 10.1. The van der Waals surface area contributed by atoms with Crippen molar-refractivity contribution in [1.82, 2.24) is 9.97 Å². The number of nitrogens with zero attached hydrogens (tertiary/aromatic N) is 2. The van der Waals surface area contributed by atoms with Crippen LogP contribution in [0.4, 0.5) is 0 Å². The second-order valence-corrected chi connectivity index (χ2v) is 4.10. The van der Waals surface area contributed by atoms with Gasteiger partial charge in [0.2, 0.25) is 0 Å². The molecule has 1 aromatic carbocycles. The molecule has 16 heavy (non-hydrogen) atoms. The Morgan fingerprint density at radius 2 is 1.88 bits per heavy atom. The Morgan fingerprint density at radius 1 is 1.12 bits per heavy atom. The van der Waals surface area contributed by atoms with E-state index >= 15 is 0 Å². The van der Waals surface area contributed by atoms with Crippen LogP contribution in [0.15, 0.2) is 30.3 Å². The third-order valence-electron chi connectivity index (χ3n) is 2.46. The lowest BCUT2D eigenvalue weighted by Crippen LogP contribution is -1.97. The molecule has 82 valence electrons. The number of aromatic nitrogens is 2. The zero-order valence-corrected chi connectivity index (χ0v) is 10.3. The van der Waals surface area contributed by atoms with E-state index in [-0.39, 0.29) is 0 Å². The van der Waals surface area contributed by atoms with Crippen LogP contribution in [0.5, 0.6) is 0 Å². The molecule has 3 heteroatoms. The van der Waals surface area contributed by atoms with Gasteiger partial charge in [0.1, 0.15) is 5.82 Å². The molecule has 0 aliphatic rings. The largest absolute Gasteiger partial charge is 0.237 e. The zero-order chi connectivity index (χ0) is 11.5. The van der Waals surface area contributed by atoms with Crippen LogP contribution in [0, 0.1) is 13.8 Å². The standard InChI is InChI=1S/C13H14N2S/c1-9-5-3-4-6-11(9)12-7-10(2)14-13(8-16)15-12/h3-7,16H,8H2,1-2H3. The summed E-state index contributed by atoms with van der Waals surface area (Å²) in [7, 11) is 0. The summed E-state index contributed by atoms with van der Waals surface area (Å²) in [4.78, 5) is 8.82. The molecule has 2 nitrogen and oxygen atoms in total.